The van der Waals surface area contributed by atoms with Gasteiger partial charge in [-0.05, 0) is 52.7 Å². The molecule has 8 heteroatoms. The number of aryl methyl sites for hydroxylation is 1. The second kappa shape index (κ2) is 8.53. The molecule has 0 saturated heterocycles. The number of rotatable bonds is 8. The van der Waals surface area contributed by atoms with Gasteiger partial charge in [0.05, 0.1) is 7.11 Å². The largest absolute Gasteiger partial charge is 0.493 e. The Hall–Kier alpha value is -2.80. The molecule has 0 unspecified atom stereocenters. The summed E-state index contributed by atoms with van der Waals surface area (Å²) in [6.45, 7) is 3.71. The number of aromatic nitrogens is 4. The van der Waals surface area contributed by atoms with Crippen LogP contribution in [0.15, 0.2) is 42.5 Å². The average molecular weight is 374 g/mol. The van der Waals surface area contributed by atoms with Crippen LogP contribution in [0.1, 0.15) is 18.1 Å². The lowest BCUT2D eigenvalue weighted by atomic mass is 10.2. The SMILES string of the molecule is CCn1nnnc1NCc1ccc(OCc2ccc(Cl)cc2)c(OC)c1. The van der Waals surface area contributed by atoms with Crippen molar-refractivity contribution in [1.29, 1.82) is 0 Å². The van der Waals surface area contributed by atoms with Gasteiger partial charge in [-0.15, -0.1) is 0 Å². The number of hydrogen-bond acceptors (Lipinski definition) is 6. The zero-order chi connectivity index (χ0) is 18.4. The first kappa shape index (κ1) is 18.0. The van der Waals surface area contributed by atoms with Gasteiger partial charge in [0.2, 0.25) is 5.95 Å². The molecule has 3 rings (SSSR count). The number of hydrogen-bond donors (Lipinski definition) is 1. The number of ether oxygens (including phenoxy) is 2. The van der Waals surface area contributed by atoms with Crippen LogP contribution in [-0.4, -0.2) is 27.3 Å². The predicted octanol–water partition coefficient (Wildman–Crippen LogP) is 3.55. The van der Waals surface area contributed by atoms with Gasteiger partial charge in [0.25, 0.3) is 0 Å². The van der Waals surface area contributed by atoms with Gasteiger partial charge in [0.1, 0.15) is 6.61 Å². The van der Waals surface area contributed by atoms with E-state index in [1.54, 1.807) is 11.8 Å². The number of nitrogens with one attached hydrogen (secondary N) is 1. The van der Waals surface area contributed by atoms with E-state index >= 15 is 0 Å². The maximum atomic E-state index is 5.90. The lowest BCUT2D eigenvalue weighted by Crippen LogP contribution is -2.08. The first-order valence-electron chi connectivity index (χ1n) is 8.23. The smallest absolute Gasteiger partial charge is 0.243 e. The van der Waals surface area contributed by atoms with Crippen LogP contribution in [0.4, 0.5) is 5.95 Å². The Labute approximate surface area is 156 Å². The summed E-state index contributed by atoms with van der Waals surface area (Å²) in [6, 6.07) is 13.4. The van der Waals surface area contributed by atoms with E-state index in [1.165, 1.54) is 0 Å². The molecule has 7 nitrogen and oxygen atoms in total. The van der Waals surface area contributed by atoms with Crippen LogP contribution in [0.5, 0.6) is 11.5 Å². The van der Waals surface area contributed by atoms with Gasteiger partial charge in [-0.1, -0.05) is 34.9 Å². The first-order valence-corrected chi connectivity index (χ1v) is 8.61. The van der Waals surface area contributed by atoms with E-state index in [4.69, 9.17) is 21.1 Å². The fourth-order valence-electron chi connectivity index (χ4n) is 2.41. The van der Waals surface area contributed by atoms with Crippen LogP contribution >= 0.6 is 11.6 Å². The summed E-state index contributed by atoms with van der Waals surface area (Å²) in [5.74, 6) is 1.99. The summed E-state index contributed by atoms with van der Waals surface area (Å²) in [4.78, 5) is 0. The molecule has 0 bridgehead atoms. The normalized spacial score (nSPS) is 10.6. The molecule has 0 aliphatic heterocycles. The molecular formula is C18H20ClN5O2. The maximum Gasteiger partial charge on any atom is 0.243 e. The van der Waals surface area contributed by atoms with Crippen molar-refractivity contribution in [2.24, 2.45) is 0 Å². The third-order valence-corrected chi connectivity index (χ3v) is 4.07. The molecule has 0 aliphatic carbocycles. The molecule has 0 fully saturated rings. The first-order chi connectivity index (χ1) is 12.7. The predicted molar refractivity (Wildman–Crippen MR) is 99.6 cm³/mol. The molecule has 136 valence electrons. The Morgan fingerprint density at radius 1 is 1.08 bits per heavy atom. The third kappa shape index (κ3) is 4.43. The molecule has 0 spiro atoms. The molecule has 0 amide bonds. The lowest BCUT2D eigenvalue weighted by molar-refractivity contribution is 0.284. The minimum Gasteiger partial charge on any atom is -0.493 e. The molecule has 26 heavy (non-hydrogen) atoms. The van der Waals surface area contributed by atoms with Gasteiger partial charge in [0, 0.05) is 18.1 Å². The van der Waals surface area contributed by atoms with Gasteiger partial charge in [-0.3, -0.25) is 0 Å². The summed E-state index contributed by atoms with van der Waals surface area (Å²) in [5.41, 5.74) is 2.07. The lowest BCUT2D eigenvalue weighted by Gasteiger charge is -2.13. The van der Waals surface area contributed by atoms with Crippen LogP contribution in [0.2, 0.25) is 5.02 Å². The second-order valence-corrected chi connectivity index (χ2v) is 6.01. The Morgan fingerprint density at radius 2 is 1.85 bits per heavy atom. The van der Waals surface area contributed by atoms with Crippen LogP contribution in [0, 0.1) is 0 Å². The molecule has 1 aromatic heterocycles. The van der Waals surface area contributed by atoms with Crippen molar-refractivity contribution in [3.05, 3.63) is 58.6 Å². The summed E-state index contributed by atoms with van der Waals surface area (Å²) in [7, 11) is 1.62. The van der Waals surface area contributed by atoms with E-state index in [0.717, 1.165) is 11.1 Å². The molecule has 0 saturated carbocycles. The zero-order valence-corrected chi connectivity index (χ0v) is 15.4. The van der Waals surface area contributed by atoms with E-state index in [0.29, 0.717) is 42.2 Å². The highest BCUT2D eigenvalue weighted by Gasteiger charge is 2.08. The topological polar surface area (TPSA) is 74.1 Å². The van der Waals surface area contributed by atoms with E-state index < -0.39 is 0 Å². The van der Waals surface area contributed by atoms with Crippen molar-refractivity contribution >= 4 is 17.5 Å². The fourth-order valence-corrected chi connectivity index (χ4v) is 2.53. The highest BCUT2D eigenvalue weighted by molar-refractivity contribution is 6.30. The number of anilines is 1. The number of halogens is 1. The molecule has 2 aromatic carbocycles. The summed E-state index contributed by atoms with van der Waals surface area (Å²) < 4.78 is 13.0. The number of tetrazole rings is 1. The fraction of sp³-hybridized carbons (Fsp3) is 0.278. The summed E-state index contributed by atoms with van der Waals surface area (Å²) in [5, 5.41) is 15.4. The van der Waals surface area contributed by atoms with Gasteiger partial charge in [-0.25, -0.2) is 4.68 Å². The van der Waals surface area contributed by atoms with Crippen LogP contribution in [-0.2, 0) is 19.7 Å². The molecule has 3 aromatic rings. The van der Waals surface area contributed by atoms with Gasteiger partial charge < -0.3 is 14.8 Å². The van der Waals surface area contributed by atoms with E-state index in [-0.39, 0.29) is 0 Å². The van der Waals surface area contributed by atoms with Gasteiger partial charge >= 0.3 is 0 Å². The summed E-state index contributed by atoms with van der Waals surface area (Å²) in [6.07, 6.45) is 0. The van der Waals surface area contributed by atoms with E-state index in [9.17, 15) is 0 Å². The molecule has 0 atom stereocenters. The molecular weight excluding hydrogens is 354 g/mol. The van der Waals surface area contributed by atoms with Crippen molar-refractivity contribution in [2.45, 2.75) is 26.6 Å². The minimum absolute atomic E-state index is 0.441. The number of nitrogens with zero attached hydrogens (tertiary/aromatic N) is 4. The van der Waals surface area contributed by atoms with Crippen LogP contribution in [0.25, 0.3) is 0 Å². The Morgan fingerprint density at radius 3 is 2.58 bits per heavy atom. The Balaban J connectivity index is 1.64. The van der Waals surface area contributed by atoms with Crippen molar-refractivity contribution in [1.82, 2.24) is 20.2 Å². The van der Waals surface area contributed by atoms with Crippen molar-refractivity contribution in [2.75, 3.05) is 12.4 Å². The maximum absolute atomic E-state index is 5.90. The Bertz CT molecular complexity index is 851. The zero-order valence-electron chi connectivity index (χ0n) is 14.6. The monoisotopic (exact) mass is 373 g/mol. The molecule has 0 aliphatic rings. The van der Waals surface area contributed by atoms with Crippen molar-refractivity contribution < 1.29 is 9.47 Å². The average Bonchev–Trinajstić information content (AvgIpc) is 3.13. The molecule has 0 radical (unpaired) electrons. The Kier molecular flexibility index (Phi) is 5.91. The third-order valence-electron chi connectivity index (χ3n) is 3.82. The number of benzene rings is 2. The van der Waals surface area contributed by atoms with Crippen molar-refractivity contribution in [3.63, 3.8) is 0 Å². The standard InChI is InChI=1S/C18H20ClN5O2/c1-3-24-18(21-22-23-24)20-11-14-6-9-16(17(10-14)25-2)26-12-13-4-7-15(19)8-5-13/h4-10H,3,11-12H2,1-2H3,(H,20,21,23). The minimum atomic E-state index is 0.441. The number of methoxy groups -OCH3 is 1. The molecule has 1 heterocycles. The van der Waals surface area contributed by atoms with Gasteiger partial charge in [-0.2, -0.15) is 0 Å². The van der Waals surface area contributed by atoms with Crippen molar-refractivity contribution in [3.8, 4) is 11.5 Å². The van der Waals surface area contributed by atoms with Gasteiger partial charge in [0.15, 0.2) is 11.5 Å². The molecule has 1 N–H and O–H groups in total. The van der Waals surface area contributed by atoms with Crippen LogP contribution in [0.3, 0.4) is 0 Å². The van der Waals surface area contributed by atoms with E-state index in [2.05, 4.69) is 20.8 Å². The highest BCUT2D eigenvalue weighted by atomic mass is 35.5. The second-order valence-electron chi connectivity index (χ2n) is 5.57. The van der Waals surface area contributed by atoms with E-state index in [1.807, 2.05) is 49.4 Å². The van der Waals surface area contributed by atoms with Crippen LogP contribution < -0.4 is 14.8 Å². The summed E-state index contributed by atoms with van der Waals surface area (Å²) >= 11 is 5.90. The quantitative estimate of drug-likeness (QED) is 0.651. The highest BCUT2D eigenvalue weighted by Crippen LogP contribution is 2.29.